The molecule has 0 bridgehead atoms. The van der Waals surface area contributed by atoms with Gasteiger partial charge in [-0.2, -0.15) is 37.2 Å². The molecule has 51 heteroatoms. The SMILES string of the molecule is C[C@@H]1CNC(C)(C)C1.Cc1nn(C)cc1S(=O)(=O)NC(=O)c1ccc(-n2ccc(OCC(C)(C)C)n2)nc1Cl.Cc1nn(C)cc1S(=O)(=O)NC(=O)c1ccc(-n2ccc(OCC(C)(C)C)n2)nc1N1C[C@@H](C)CC1(C)C.Cl.O=CO[O-].S.S.SSSSSSSSSSSSSSSSSCl.[H-].[K+].[K+]. The molecule has 2 aliphatic rings. The summed E-state index contributed by atoms with van der Waals surface area (Å²) in [4.78, 5) is 48.1. The smallest absolute Gasteiger partial charge is 1.00 e. The van der Waals surface area contributed by atoms with Crippen molar-refractivity contribution in [2.45, 2.75) is 131 Å². The molecule has 25 nitrogen and oxygen atoms in total. The number of sulfonamides is 2. The zero-order valence-electron chi connectivity index (χ0n) is 60.6. The summed E-state index contributed by atoms with van der Waals surface area (Å²) in [6, 6.07) is 9.57. The Morgan fingerprint density at radius 3 is 1.38 bits per heavy atom. The van der Waals surface area contributed by atoms with Crippen molar-refractivity contribution in [1.82, 2.24) is 63.9 Å². The van der Waals surface area contributed by atoms with Crippen LogP contribution in [0.3, 0.4) is 0 Å². The number of ether oxygens (including phenoxy) is 2. The topological polar surface area (TPSA) is 307 Å². The monoisotopic (exact) mass is 1950 g/mol. The summed E-state index contributed by atoms with van der Waals surface area (Å²) in [6.45, 7) is 31.3. The van der Waals surface area contributed by atoms with Gasteiger partial charge in [0.1, 0.15) is 20.8 Å². The van der Waals surface area contributed by atoms with E-state index in [9.17, 15) is 26.4 Å². The van der Waals surface area contributed by atoms with Gasteiger partial charge in [0.2, 0.25) is 11.8 Å². The van der Waals surface area contributed by atoms with Crippen molar-refractivity contribution >= 4 is 275 Å². The second-order valence-corrected chi connectivity index (χ2v) is 56.9. The van der Waals surface area contributed by atoms with Crippen LogP contribution in [0.5, 0.6) is 11.8 Å². The molecule has 2 atom stereocenters. The van der Waals surface area contributed by atoms with E-state index in [2.05, 4.69) is 119 Å². The van der Waals surface area contributed by atoms with Gasteiger partial charge in [-0.3, -0.25) is 23.7 Å². The summed E-state index contributed by atoms with van der Waals surface area (Å²) in [5.41, 5.74) is 0.740. The molecule has 6 aromatic heterocycles. The van der Waals surface area contributed by atoms with E-state index in [1.165, 1.54) is 78.3 Å². The van der Waals surface area contributed by atoms with Crippen LogP contribution in [-0.2, 0) is 43.8 Å². The third kappa shape index (κ3) is 41.1. The molecular formula is C53H83Cl3K2N14O11S21. The summed E-state index contributed by atoms with van der Waals surface area (Å²) < 4.78 is 72.5. The van der Waals surface area contributed by atoms with Gasteiger partial charge in [-0.25, -0.2) is 45.6 Å². The minimum atomic E-state index is -4.14. The Bertz CT molecular complexity index is 3770. The average molecular weight is 1950 g/mol. The van der Waals surface area contributed by atoms with E-state index in [1.807, 2.05) is 25.5 Å². The first-order valence-electron chi connectivity index (χ1n) is 28.7. The predicted octanol–water partition coefficient (Wildman–Crippen LogP) is 12.0. The third-order valence-corrected chi connectivity index (χ3v) is 49.2. The quantitative estimate of drug-likeness (QED) is 0.00495. The van der Waals surface area contributed by atoms with Gasteiger partial charge in [0.05, 0.1) is 35.7 Å². The van der Waals surface area contributed by atoms with Gasteiger partial charge >= 0.3 is 103 Å². The van der Waals surface area contributed by atoms with Gasteiger partial charge in [0.15, 0.2) is 11.6 Å². The maximum Gasteiger partial charge on any atom is 1.00 e. The van der Waals surface area contributed by atoms with Crippen molar-refractivity contribution in [1.29, 1.82) is 0 Å². The average Bonchev–Trinajstić information content (AvgIpc) is 1.70. The first-order chi connectivity index (χ1) is 46.3. The Hall–Kier alpha value is 3.56. The van der Waals surface area contributed by atoms with E-state index < -0.39 is 31.9 Å². The number of hydrogen-bond acceptors (Lipinski definition) is 36. The Labute approximate surface area is 791 Å². The summed E-state index contributed by atoms with van der Waals surface area (Å²) in [5.74, 6) is 1.72. The molecule has 580 valence electrons. The fourth-order valence-electron chi connectivity index (χ4n) is 9.01. The number of aryl methyl sites for hydroxylation is 4. The molecule has 8 rings (SSSR count). The van der Waals surface area contributed by atoms with E-state index in [1.54, 1.807) is 200 Å². The number of nitrogens with zero attached hydrogens (tertiary/aromatic N) is 11. The number of thiol groups is 1. The van der Waals surface area contributed by atoms with Crippen LogP contribution in [0.2, 0.25) is 5.15 Å². The number of hydrogen-bond donors (Lipinski definition) is 4. The molecule has 2 saturated heterocycles. The van der Waals surface area contributed by atoms with Gasteiger partial charge in [0, 0.05) is 147 Å². The normalized spacial score (nSPS) is 14.9. The molecule has 2 fully saturated rings. The molecule has 0 spiro atoms. The molecule has 6 aromatic rings. The van der Waals surface area contributed by atoms with E-state index in [0.717, 1.165) is 12.3 Å². The minimum Gasteiger partial charge on any atom is -1.00 e. The van der Waals surface area contributed by atoms with E-state index in [4.69, 9.17) is 46.8 Å². The summed E-state index contributed by atoms with van der Waals surface area (Å²) >= 11 is 10.2. The zero-order chi connectivity index (χ0) is 73.9. The van der Waals surface area contributed by atoms with Crippen LogP contribution in [0, 0.1) is 36.5 Å². The van der Waals surface area contributed by atoms with Crippen LogP contribution in [0.4, 0.5) is 5.82 Å². The molecule has 104 heavy (non-hydrogen) atoms. The Balaban J connectivity index is -0.00000139. The standard InChI is InChI=1S/C26H37N7O4S.C19H23ClN6O4S.C7H15N.CH2O3.ClHS17.ClH.2K.2H2S.H/c1-17-13-26(6,7)32(14-17)23-19(24(34)30-38(35,36)20-15-31(8)28-18(20)2)9-10-21(27-23)33-12-11-22(29-33)37-16-25(3,4)5;1-12-14(10-25(5)22-12)31(28,29)24-18(27)13-6-7-15(21-17(13)20)26-9-8-16(23-26)30-11-19(2,3)4;1-6-4-7(2,3)8-5-6;2-1-4-3;1-3-5-7-9-11-13-15-17-18-16-14-12-10-8-6-4-2;;;;;;/h9-12,15,17H,13-14,16H2,1-8H3,(H,30,34);6-10H,11H2,1-5H3,(H,24,27);6,8H,4-5H2,1-3H3;1,3H;2H;1H;;;2*1H2;/q;;;;;;2*+1;;;-1/p-1/t17-;;6-;;;;;;;;/m0.0......../s1. The largest absolute Gasteiger partial charge is 1.00 e. The maximum atomic E-state index is 13.4. The molecule has 0 saturated carbocycles. The summed E-state index contributed by atoms with van der Waals surface area (Å²) in [5, 5.41) is 28.5. The summed E-state index contributed by atoms with van der Waals surface area (Å²) in [7, 11) is 27.6. The number of carbonyl (C=O) groups is 3. The predicted molar refractivity (Wildman–Crippen MR) is 466 cm³/mol. The fraction of sp³-hybridized carbons (Fsp3) is 0.528. The number of anilines is 1. The van der Waals surface area contributed by atoms with Gasteiger partial charge in [-0.15, -0.1) is 22.6 Å². The minimum absolute atomic E-state index is 0. The molecule has 2 amide bonds. The second kappa shape index (κ2) is 54.5. The van der Waals surface area contributed by atoms with E-state index >= 15 is 0 Å². The molecular weight excluding hydrogens is 1870 g/mol. The second-order valence-electron chi connectivity index (χ2n) is 24.9. The number of halogens is 3. The number of aromatic nitrogens is 10. The number of nitrogens with one attached hydrogen (secondary N) is 3. The molecule has 8 heterocycles. The number of rotatable bonds is 29. The molecule has 0 radical (unpaired) electrons. The molecule has 0 aliphatic carbocycles. The Morgan fingerprint density at radius 1 is 0.673 bits per heavy atom. The van der Waals surface area contributed by atoms with Crippen LogP contribution in [0.1, 0.15) is 129 Å². The number of carbonyl (C=O) groups excluding carboxylic acids is 3. The first kappa shape index (κ1) is 110. The van der Waals surface area contributed by atoms with Gasteiger partial charge < -0.3 is 31.3 Å². The van der Waals surface area contributed by atoms with Crippen molar-refractivity contribution in [2.75, 3.05) is 31.2 Å². The molecule has 0 unspecified atom stereocenters. The number of pyridine rings is 2. The van der Waals surface area contributed by atoms with E-state index in [0.29, 0.717) is 66.1 Å². The van der Waals surface area contributed by atoms with Crippen LogP contribution in [-0.4, -0.2) is 122 Å². The van der Waals surface area contributed by atoms with Crippen molar-refractivity contribution < 1.29 is 155 Å². The summed E-state index contributed by atoms with van der Waals surface area (Å²) in [6.07, 6.45) is 8.30. The first-order valence-corrected chi connectivity index (χ1v) is 54.8. The maximum absolute atomic E-state index is 13.4. The third-order valence-electron chi connectivity index (χ3n) is 12.6. The molecule has 0 aromatic carbocycles. The van der Waals surface area contributed by atoms with Crippen LogP contribution in [0.15, 0.2) is 71.0 Å². The zero-order valence-corrected chi connectivity index (χ0v) is 85.8. The Morgan fingerprint density at radius 2 is 1.07 bits per heavy atom. The molecule has 3 N–H and O–H groups in total. The number of amides is 2. The Kier molecular flexibility index (Phi) is 57.5. The van der Waals surface area contributed by atoms with Crippen LogP contribution in [0.25, 0.3) is 11.6 Å². The molecule has 2 aliphatic heterocycles. The fourth-order valence-corrected chi connectivity index (χ4v) is 50.1. The van der Waals surface area contributed by atoms with E-state index in [-0.39, 0.29) is 198 Å². The van der Waals surface area contributed by atoms with Crippen LogP contribution >= 0.6 is 231 Å². The van der Waals surface area contributed by atoms with Crippen molar-refractivity contribution in [3.8, 4) is 23.4 Å². The van der Waals surface area contributed by atoms with Crippen LogP contribution < -0.4 is 137 Å². The van der Waals surface area contributed by atoms with Gasteiger partial charge in [0.25, 0.3) is 38.3 Å². The van der Waals surface area contributed by atoms with Gasteiger partial charge in [-0.1, -0.05) is 78.7 Å². The van der Waals surface area contributed by atoms with Crippen molar-refractivity contribution in [3.63, 3.8) is 0 Å². The van der Waals surface area contributed by atoms with Crippen molar-refractivity contribution in [2.24, 2.45) is 36.8 Å². The van der Waals surface area contributed by atoms with Gasteiger partial charge in [-0.05, 0) is 197 Å². The van der Waals surface area contributed by atoms with Crippen molar-refractivity contribution in [3.05, 3.63) is 88.9 Å².